The smallest absolute Gasteiger partial charge is 0.0593 e. The molecule has 1 aliphatic heterocycles. The van der Waals surface area contributed by atoms with Gasteiger partial charge in [-0.3, -0.25) is 4.90 Å². The second-order valence-corrected chi connectivity index (χ2v) is 6.72. The van der Waals surface area contributed by atoms with Crippen molar-refractivity contribution in [1.82, 2.24) is 10.2 Å². The lowest BCUT2D eigenvalue weighted by Crippen LogP contribution is -2.58. The minimum absolute atomic E-state index is 0.769. The third-order valence-corrected chi connectivity index (χ3v) is 5.01. The third kappa shape index (κ3) is 3.93. The highest BCUT2D eigenvalue weighted by atomic mass is 16.5. The summed E-state index contributed by atoms with van der Waals surface area (Å²) in [7, 11) is 0. The van der Waals surface area contributed by atoms with E-state index in [1.165, 1.54) is 51.6 Å². The first-order valence-electron chi connectivity index (χ1n) is 8.43. The molecule has 0 bridgehead atoms. The molecular formula is C16H30N2O. The van der Waals surface area contributed by atoms with Crippen molar-refractivity contribution < 1.29 is 4.74 Å². The summed E-state index contributed by atoms with van der Waals surface area (Å²) in [4.78, 5) is 2.74. The fraction of sp³-hybridized carbons (Fsp3) is 1.00. The van der Waals surface area contributed by atoms with E-state index in [0.717, 1.165) is 43.7 Å². The lowest BCUT2D eigenvalue weighted by atomic mass is 10.0. The summed E-state index contributed by atoms with van der Waals surface area (Å²) in [5.41, 5.74) is 0. The van der Waals surface area contributed by atoms with Gasteiger partial charge < -0.3 is 10.1 Å². The Hall–Kier alpha value is -0.120. The van der Waals surface area contributed by atoms with Gasteiger partial charge in [-0.15, -0.1) is 0 Å². The molecule has 1 saturated heterocycles. The molecule has 0 aromatic carbocycles. The van der Waals surface area contributed by atoms with Gasteiger partial charge >= 0.3 is 0 Å². The number of nitrogens with zero attached hydrogens (tertiary/aromatic N) is 1. The Morgan fingerprint density at radius 2 is 1.89 bits per heavy atom. The molecule has 3 aliphatic rings. The summed E-state index contributed by atoms with van der Waals surface area (Å²) in [5.74, 6) is 1.95. The second kappa shape index (κ2) is 6.55. The van der Waals surface area contributed by atoms with Crippen LogP contribution in [0.25, 0.3) is 0 Å². The zero-order chi connectivity index (χ0) is 13.1. The van der Waals surface area contributed by atoms with Crippen LogP contribution in [-0.2, 0) is 4.74 Å². The van der Waals surface area contributed by atoms with Crippen LogP contribution in [0.3, 0.4) is 0 Å². The van der Waals surface area contributed by atoms with Crippen molar-refractivity contribution in [2.24, 2.45) is 11.8 Å². The van der Waals surface area contributed by atoms with Crippen molar-refractivity contribution in [3.05, 3.63) is 0 Å². The Bertz CT molecular complexity index is 276. The maximum Gasteiger partial charge on any atom is 0.0593 e. The van der Waals surface area contributed by atoms with E-state index in [1.807, 2.05) is 0 Å². The average molecular weight is 266 g/mol. The molecule has 2 unspecified atom stereocenters. The molecule has 1 heterocycles. The quantitative estimate of drug-likeness (QED) is 0.682. The molecule has 3 rings (SSSR count). The number of hydrogen-bond donors (Lipinski definition) is 1. The van der Waals surface area contributed by atoms with Gasteiger partial charge in [-0.25, -0.2) is 0 Å². The van der Waals surface area contributed by atoms with E-state index in [4.69, 9.17) is 4.74 Å². The summed E-state index contributed by atoms with van der Waals surface area (Å²) in [6.45, 7) is 7.74. The Labute approximate surface area is 118 Å². The fourth-order valence-electron chi connectivity index (χ4n) is 3.40. The summed E-state index contributed by atoms with van der Waals surface area (Å²) in [5, 5.41) is 3.81. The lowest BCUT2D eigenvalue weighted by molar-refractivity contribution is 0.0545. The van der Waals surface area contributed by atoms with E-state index in [9.17, 15) is 0 Å². The first kappa shape index (κ1) is 13.8. The van der Waals surface area contributed by atoms with Crippen LogP contribution in [0.4, 0.5) is 0 Å². The highest BCUT2D eigenvalue weighted by Crippen LogP contribution is 2.39. The maximum absolute atomic E-state index is 5.77. The monoisotopic (exact) mass is 266 g/mol. The lowest BCUT2D eigenvalue weighted by Gasteiger charge is -2.41. The molecule has 2 atom stereocenters. The normalized spacial score (nSPS) is 32.7. The average Bonchev–Trinajstić information content (AvgIpc) is 3.31. The van der Waals surface area contributed by atoms with Crippen LogP contribution in [0.1, 0.15) is 45.4 Å². The number of piperazine rings is 1. The van der Waals surface area contributed by atoms with Crippen molar-refractivity contribution in [3.63, 3.8) is 0 Å². The van der Waals surface area contributed by atoms with Gasteiger partial charge in [0.05, 0.1) is 6.61 Å². The Balaban J connectivity index is 1.43. The summed E-state index contributed by atoms with van der Waals surface area (Å²) >= 11 is 0. The number of rotatable bonds is 8. The highest BCUT2D eigenvalue weighted by Gasteiger charge is 2.42. The van der Waals surface area contributed by atoms with Gasteiger partial charge in [0.1, 0.15) is 0 Å². The Morgan fingerprint density at radius 3 is 2.58 bits per heavy atom. The molecule has 110 valence electrons. The highest BCUT2D eigenvalue weighted by molar-refractivity contribution is 4.98. The molecule has 0 radical (unpaired) electrons. The first-order chi connectivity index (χ1) is 9.38. The van der Waals surface area contributed by atoms with Gasteiger partial charge in [0, 0.05) is 38.3 Å². The van der Waals surface area contributed by atoms with Crippen molar-refractivity contribution in [1.29, 1.82) is 0 Å². The summed E-state index contributed by atoms with van der Waals surface area (Å²) in [6, 6.07) is 1.57. The molecular weight excluding hydrogens is 236 g/mol. The van der Waals surface area contributed by atoms with E-state index < -0.39 is 0 Å². The fourth-order valence-corrected chi connectivity index (χ4v) is 3.40. The van der Waals surface area contributed by atoms with Gasteiger partial charge in [0.25, 0.3) is 0 Å². The summed E-state index contributed by atoms with van der Waals surface area (Å²) < 4.78 is 5.77. The van der Waals surface area contributed by atoms with Crippen LogP contribution in [-0.4, -0.2) is 49.8 Å². The van der Waals surface area contributed by atoms with Gasteiger partial charge in [-0.05, 0) is 43.9 Å². The van der Waals surface area contributed by atoms with E-state index in [-0.39, 0.29) is 0 Å². The van der Waals surface area contributed by atoms with Crippen LogP contribution in [0, 0.1) is 11.8 Å². The number of nitrogens with one attached hydrogen (secondary N) is 1. The zero-order valence-electron chi connectivity index (χ0n) is 12.4. The second-order valence-electron chi connectivity index (χ2n) is 6.72. The van der Waals surface area contributed by atoms with Crippen LogP contribution >= 0.6 is 0 Å². The SMILES string of the molecule is CCCCOCCN1CC(C2CC2)NCC1C1CC1. The molecule has 0 aromatic rings. The zero-order valence-corrected chi connectivity index (χ0v) is 12.4. The number of ether oxygens (including phenoxy) is 1. The Kier molecular flexibility index (Phi) is 4.78. The largest absolute Gasteiger partial charge is 0.380 e. The first-order valence-corrected chi connectivity index (χ1v) is 8.43. The minimum atomic E-state index is 0.769. The molecule has 3 fully saturated rings. The van der Waals surface area contributed by atoms with Gasteiger partial charge in [-0.1, -0.05) is 13.3 Å². The van der Waals surface area contributed by atoms with E-state index in [1.54, 1.807) is 0 Å². The van der Waals surface area contributed by atoms with Crippen molar-refractivity contribution in [2.75, 3.05) is 32.8 Å². The van der Waals surface area contributed by atoms with Crippen LogP contribution in [0.5, 0.6) is 0 Å². The van der Waals surface area contributed by atoms with Gasteiger partial charge in [0.2, 0.25) is 0 Å². The van der Waals surface area contributed by atoms with Crippen molar-refractivity contribution in [3.8, 4) is 0 Å². The van der Waals surface area contributed by atoms with Crippen molar-refractivity contribution >= 4 is 0 Å². The standard InChI is InChI=1S/C16H30N2O/c1-2-3-9-19-10-8-18-12-15(13-4-5-13)17-11-16(18)14-6-7-14/h13-17H,2-12H2,1H3. The topological polar surface area (TPSA) is 24.5 Å². The van der Waals surface area contributed by atoms with Crippen LogP contribution in [0.2, 0.25) is 0 Å². The molecule has 19 heavy (non-hydrogen) atoms. The molecule has 1 N–H and O–H groups in total. The predicted molar refractivity (Wildman–Crippen MR) is 78.3 cm³/mol. The molecule has 2 aliphatic carbocycles. The maximum atomic E-state index is 5.77. The van der Waals surface area contributed by atoms with Crippen molar-refractivity contribution in [2.45, 2.75) is 57.5 Å². The molecule has 0 spiro atoms. The Morgan fingerprint density at radius 1 is 1.11 bits per heavy atom. The molecule has 0 aromatic heterocycles. The number of unbranched alkanes of at least 4 members (excludes halogenated alkanes) is 1. The molecule has 2 saturated carbocycles. The van der Waals surface area contributed by atoms with E-state index >= 15 is 0 Å². The third-order valence-electron chi connectivity index (χ3n) is 5.01. The van der Waals surface area contributed by atoms with Crippen LogP contribution in [0.15, 0.2) is 0 Å². The molecule has 3 nitrogen and oxygen atoms in total. The minimum Gasteiger partial charge on any atom is -0.380 e. The van der Waals surface area contributed by atoms with Gasteiger partial charge in [-0.2, -0.15) is 0 Å². The number of hydrogen-bond acceptors (Lipinski definition) is 3. The summed E-state index contributed by atoms with van der Waals surface area (Å²) in [6.07, 6.45) is 8.25. The van der Waals surface area contributed by atoms with Gasteiger partial charge in [0.15, 0.2) is 0 Å². The van der Waals surface area contributed by atoms with Crippen LogP contribution < -0.4 is 5.32 Å². The van der Waals surface area contributed by atoms with E-state index in [2.05, 4.69) is 17.1 Å². The predicted octanol–water partition coefficient (Wildman–Crippen LogP) is 2.27. The van der Waals surface area contributed by atoms with E-state index in [0.29, 0.717) is 0 Å². The molecule has 3 heteroatoms. The molecule has 0 amide bonds.